The van der Waals surface area contributed by atoms with Gasteiger partial charge in [-0.05, 0) is 43.5 Å². The van der Waals surface area contributed by atoms with E-state index in [1.165, 1.54) is 12.0 Å². The van der Waals surface area contributed by atoms with Gasteiger partial charge in [-0.15, -0.1) is 0 Å². The molecule has 0 radical (unpaired) electrons. The number of ether oxygens (including phenoxy) is 1. The summed E-state index contributed by atoms with van der Waals surface area (Å²) < 4.78 is 9.87. The topological polar surface area (TPSA) is 97.6 Å². The molecule has 1 aliphatic rings. The van der Waals surface area contributed by atoms with Crippen LogP contribution in [0.5, 0.6) is 0 Å². The van der Waals surface area contributed by atoms with Gasteiger partial charge in [0.1, 0.15) is 0 Å². The summed E-state index contributed by atoms with van der Waals surface area (Å²) in [5.74, 6) is 1.10. The van der Waals surface area contributed by atoms with Crippen LogP contribution in [0.25, 0.3) is 0 Å². The molecule has 1 aromatic heterocycles. The highest BCUT2D eigenvalue weighted by atomic mass is 16.5. The second kappa shape index (κ2) is 6.92. The fourth-order valence-corrected chi connectivity index (χ4v) is 2.37. The Morgan fingerprint density at radius 2 is 2.16 bits per heavy atom. The summed E-state index contributed by atoms with van der Waals surface area (Å²) >= 11 is 0. The molecule has 0 atom stereocenters. The minimum atomic E-state index is -0.415. The molecule has 0 spiro atoms. The number of anilines is 1. The van der Waals surface area contributed by atoms with Crippen LogP contribution in [0.3, 0.4) is 0 Å². The third-order valence-corrected chi connectivity index (χ3v) is 4.02. The minimum Gasteiger partial charge on any atom is -0.465 e. The SMILES string of the molecule is COC(=O)c1ccc(NC(=O)N(C)Cc2noc(C3CC3)n2)c(C)c1. The Morgan fingerprint density at radius 3 is 2.80 bits per heavy atom. The summed E-state index contributed by atoms with van der Waals surface area (Å²) in [5, 5.41) is 6.71. The highest BCUT2D eigenvalue weighted by Crippen LogP contribution is 2.38. The first-order valence-corrected chi connectivity index (χ1v) is 8.01. The van der Waals surface area contributed by atoms with Crippen LogP contribution < -0.4 is 5.32 Å². The van der Waals surface area contributed by atoms with Gasteiger partial charge < -0.3 is 19.5 Å². The van der Waals surface area contributed by atoms with Crippen LogP contribution in [0.15, 0.2) is 22.7 Å². The molecule has 0 unspecified atom stereocenters. The zero-order valence-electron chi connectivity index (χ0n) is 14.4. The molecule has 132 valence electrons. The lowest BCUT2D eigenvalue weighted by molar-refractivity contribution is 0.0600. The minimum absolute atomic E-state index is 0.251. The van der Waals surface area contributed by atoms with Gasteiger partial charge in [-0.2, -0.15) is 4.98 Å². The van der Waals surface area contributed by atoms with Gasteiger partial charge in [-0.25, -0.2) is 9.59 Å². The first-order chi connectivity index (χ1) is 12.0. The summed E-state index contributed by atoms with van der Waals surface area (Å²) in [6.07, 6.45) is 2.16. The largest absolute Gasteiger partial charge is 0.465 e. The molecule has 1 aromatic carbocycles. The van der Waals surface area contributed by atoms with Crippen LogP contribution in [-0.4, -0.2) is 41.2 Å². The average Bonchev–Trinajstić information content (AvgIpc) is 3.35. The summed E-state index contributed by atoms with van der Waals surface area (Å²) in [6.45, 7) is 2.06. The van der Waals surface area contributed by atoms with Crippen molar-refractivity contribution >= 4 is 17.7 Å². The monoisotopic (exact) mass is 344 g/mol. The van der Waals surface area contributed by atoms with E-state index in [-0.39, 0.29) is 12.6 Å². The van der Waals surface area contributed by atoms with Crippen molar-refractivity contribution in [1.82, 2.24) is 15.0 Å². The Labute approximate surface area is 145 Å². The van der Waals surface area contributed by atoms with Crippen molar-refractivity contribution in [3.05, 3.63) is 41.0 Å². The molecule has 0 bridgehead atoms. The van der Waals surface area contributed by atoms with Crippen molar-refractivity contribution in [1.29, 1.82) is 0 Å². The van der Waals surface area contributed by atoms with Crippen LogP contribution in [0.2, 0.25) is 0 Å². The average molecular weight is 344 g/mol. The highest BCUT2D eigenvalue weighted by molar-refractivity contribution is 5.93. The Balaban J connectivity index is 1.61. The molecular formula is C17H20N4O4. The van der Waals surface area contributed by atoms with Crippen molar-refractivity contribution in [2.75, 3.05) is 19.5 Å². The van der Waals surface area contributed by atoms with E-state index in [1.807, 2.05) is 6.92 Å². The number of rotatable bonds is 5. The van der Waals surface area contributed by atoms with Crippen LogP contribution in [0.1, 0.15) is 46.4 Å². The maximum Gasteiger partial charge on any atom is 0.337 e. The lowest BCUT2D eigenvalue weighted by Gasteiger charge is -2.17. The molecular weight excluding hydrogens is 324 g/mol. The lowest BCUT2D eigenvalue weighted by atomic mass is 10.1. The predicted molar refractivity (Wildman–Crippen MR) is 89.3 cm³/mol. The van der Waals surface area contributed by atoms with Crippen LogP contribution >= 0.6 is 0 Å². The molecule has 25 heavy (non-hydrogen) atoms. The summed E-state index contributed by atoms with van der Waals surface area (Å²) in [4.78, 5) is 29.6. The summed E-state index contributed by atoms with van der Waals surface area (Å²) in [5.41, 5.74) is 1.82. The highest BCUT2D eigenvalue weighted by Gasteiger charge is 2.29. The van der Waals surface area contributed by atoms with Crippen LogP contribution in [-0.2, 0) is 11.3 Å². The van der Waals surface area contributed by atoms with Crippen LogP contribution in [0, 0.1) is 6.92 Å². The number of benzene rings is 1. The number of nitrogens with zero attached hydrogens (tertiary/aromatic N) is 3. The second-order valence-corrected chi connectivity index (χ2v) is 6.13. The number of esters is 1. The van der Waals surface area contributed by atoms with Crippen molar-refractivity contribution in [2.24, 2.45) is 0 Å². The number of aryl methyl sites for hydroxylation is 1. The molecule has 8 nitrogen and oxygen atoms in total. The first kappa shape index (κ1) is 16.9. The normalized spacial score (nSPS) is 13.4. The maximum absolute atomic E-state index is 12.3. The summed E-state index contributed by atoms with van der Waals surface area (Å²) in [6, 6.07) is 4.65. The van der Waals surface area contributed by atoms with E-state index in [0.717, 1.165) is 18.4 Å². The van der Waals surface area contributed by atoms with Gasteiger partial charge >= 0.3 is 12.0 Å². The summed E-state index contributed by atoms with van der Waals surface area (Å²) in [7, 11) is 2.98. The first-order valence-electron chi connectivity index (χ1n) is 8.01. The third kappa shape index (κ3) is 3.96. The molecule has 2 aromatic rings. The number of aromatic nitrogens is 2. The predicted octanol–water partition coefficient (Wildman–Crippen LogP) is 2.71. The third-order valence-electron chi connectivity index (χ3n) is 4.02. The molecule has 0 aliphatic heterocycles. The lowest BCUT2D eigenvalue weighted by Crippen LogP contribution is -2.31. The van der Waals surface area contributed by atoms with Crippen molar-refractivity contribution in [3.63, 3.8) is 0 Å². The van der Waals surface area contributed by atoms with Gasteiger partial charge in [0.2, 0.25) is 5.89 Å². The zero-order chi connectivity index (χ0) is 18.0. The number of carbonyl (C=O) groups excluding carboxylic acids is 2. The van der Waals surface area contributed by atoms with Gasteiger partial charge in [0.25, 0.3) is 0 Å². The van der Waals surface area contributed by atoms with Gasteiger partial charge in [0.15, 0.2) is 5.82 Å². The Bertz CT molecular complexity index is 798. The van der Waals surface area contributed by atoms with E-state index < -0.39 is 5.97 Å². The van der Waals surface area contributed by atoms with Gasteiger partial charge in [-0.3, -0.25) is 0 Å². The molecule has 8 heteroatoms. The Kier molecular flexibility index (Phi) is 4.69. The Hall–Kier alpha value is -2.90. The smallest absolute Gasteiger partial charge is 0.337 e. The molecule has 1 N–H and O–H groups in total. The van der Waals surface area contributed by atoms with Crippen molar-refractivity contribution < 1.29 is 18.8 Å². The Morgan fingerprint density at radius 1 is 1.40 bits per heavy atom. The van der Waals surface area contributed by atoms with E-state index in [0.29, 0.717) is 28.9 Å². The molecule has 0 saturated heterocycles. The van der Waals surface area contributed by atoms with Crippen molar-refractivity contribution in [2.45, 2.75) is 32.2 Å². The van der Waals surface area contributed by atoms with E-state index in [1.54, 1.807) is 25.2 Å². The van der Waals surface area contributed by atoms with E-state index in [9.17, 15) is 9.59 Å². The fourth-order valence-electron chi connectivity index (χ4n) is 2.37. The standard InChI is InChI=1S/C17H20N4O4/c1-10-8-12(16(22)24-3)6-7-13(10)18-17(23)21(2)9-14-19-15(25-20-14)11-4-5-11/h6-8,11H,4-5,9H2,1-3H3,(H,18,23). The molecule has 1 fully saturated rings. The maximum atomic E-state index is 12.3. The molecule has 3 rings (SSSR count). The second-order valence-electron chi connectivity index (χ2n) is 6.13. The molecule has 1 heterocycles. The van der Waals surface area contributed by atoms with Gasteiger partial charge in [0, 0.05) is 18.7 Å². The number of methoxy groups -OCH3 is 1. The number of nitrogens with one attached hydrogen (secondary N) is 1. The van der Waals surface area contributed by atoms with Crippen LogP contribution in [0.4, 0.5) is 10.5 Å². The number of hydrogen-bond acceptors (Lipinski definition) is 6. The number of urea groups is 1. The zero-order valence-corrected chi connectivity index (χ0v) is 14.4. The van der Waals surface area contributed by atoms with E-state index >= 15 is 0 Å². The number of amides is 2. The van der Waals surface area contributed by atoms with E-state index in [4.69, 9.17) is 4.52 Å². The van der Waals surface area contributed by atoms with E-state index in [2.05, 4.69) is 20.2 Å². The van der Waals surface area contributed by atoms with Gasteiger partial charge in [0.05, 0.1) is 19.2 Å². The molecule has 1 saturated carbocycles. The molecule has 1 aliphatic carbocycles. The fraction of sp³-hybridized carbons (Fsp3) is 0.412. The van der Waals surface area contributed by atoms with Gasteiger partial charge in [-0.1, -0.05) is 5.16 Å². The van der Waals surface area contributed by atoms with Crippen molar-refractivity contribution in [3.8, 4) is 0 Å². The quantitative estimate of drug-likeness (QED) is 0.838. The number of carbonyl (C=O) groups is 2. The number of hydrogen-bond donors (Lipinski definition) is 1. The molecule has 2 amide bonds.